The number of piperazine rings is 1. The van der Waals surface area contributed by atoms with Gasteiger partial charge in [0.05, 0.1) is 24.3 Å². The topological polar surface area (TPSA) is 82.9 Å². The van der Waals surface area contributed by atoms with E-state index in [0.29, 0.717) is 18.7 Å². The Morgan fingerprint density at radius 3 is 2.50 bits per heavy atom. The summed E-state index contributed by atoms with van der Waals surface area (Å²) >= 11 is 0. The first-order valence-corrected chi connectivity index (χ1v) is 8.62. The Hall–Kier alpha value is -2.75. The molecular weight excluding hydrogens is 334 g/mol. The van der Waals surface area contributed by atoms with Gasteiger partial charge in [-0.3, -0.25) is 0 Å². The number of carbonyl (C=O) groups is 2. The van der Waals surface area contributed by atoms with Gasteiger partial charge in [-0.05, 0) is 45.4 Å². The van der Waals surface area contributed by atoms with Gasteiger partial charge >= 0.3 is 12.1 Å². The molecule has 2 heterocycles. The summed E-state index contributed by atoms with van der Waals surface area (Å²) in [5, 5.41) is 9.34. The average molecular weight is 357 g/mol. The van der Waals surface area contributed by atoms with Gasteiger partial charge in [-0.15, -0.1) is 0 Å². The van der Waals surface area contributed by atoms with Crippen LogP contribution in [0.2, 0.25) is 0 Å². The number of fused-ring (bicyclic) bond motifs is 2. The number of ether oxygens (including phenoxy) is 2. The first kappa shape index (κ1) is 18.1. The molecule has 0 radical (unpaired) electrons. The number of amides is 1. The summed E-state index contributed by atoms with van der Waals surface area (Å²) in [4.78, 5) is 28.1. The van der Waals surface area contributed by atoms with E-state index >= 15 is 0 Å². The zero-order valence-electron chi connectivity index (χ0n) is 15.5. The van der Waals surface area contributed by atoms with Crippen LogP contribution in [0.15, 0.2) is 18.2 Å². The van der Waals surface area contributed by atoms with Gasteiger partial charge in [0.1, 0.15) is 11.7 Å². The Morgan fingerprint density at radius 2 is 1.96 bits per heavy atom. The molecule has 1 amide bonds. The van der Waals surface area contributed by atoms with Gasteiger partial charge in [-0.25, -0.2) is 9.59 Å². The lowest BCUT2D eigenvalue weighted by atomic mass is 10.1. The van der Waals surface area contributed by atoms with Crippen molar-refractivity contribution in [1.82, 2.24) is 4.90 Å². The number of benzene rings is 1. The Bertz CT molecular complexity index is 778. The van der Waals surface area contributed by atoms with Gasteiger partial charge in [0.2, 0.25) is 0 Å². The van der Waals surface area contributed by atoms with Crippen LogP contribution >= 0.6 is 0 Å². The van der Waals surface area contributed by atoms with Gasteiger partial charge < -0.3 is 19.3 Å². The van der Waals surface area contributed by atoms with Crippen LogP contribution in [0.25, 0.3) is 0 Å². The highest BCUT2D eigenvalue weighted by atomic mass is 16.6. The molecule has 2 saturated heterocycles. The second-order valence-electron chi connectivity index (χ2n) is 7.66. The first-order valence-electron chi connectivity index (χ1n) is 8.62. The van der Waals surface area contributed by atoms with Gasteiger partial charge in [-0.1, -0.05) is 0 Å². The van der Waals surface area contributed by atoms with E-state index in [1.54, 1.807) is 17.0 Å². The quantitative estimate of drug-likeness (QED) is 0.757. The number of rotatable bonds is 2. The first-order chi connectivity index (χ1) is 12.2. The van der Waals surface area contributed by atoms with Crippen LogP contribution in [-0.2, 0) is 9.47 Å². The van der Waals surface area contributed by atoms with E-state index in [-0.39, 0.29) is 23.7 Å². The zero-order valence-corrected chi connectivity index (χ0v) is 15.5. The minimum atomic E-state index is -0.521. The zero-order chi connectivity index (χ0) is 19.1. The van der Waals surface area contributed by atoms with E-state index < -0.39 is 11.6 Å². The molecule has 0 aliphatic carbocycles. The van der Waals surface area contributed by atoms with Crippen molar-refractivity contribution in [2.45, 2.75) is 44.9 Å². The van der Waals surface area contributed by atoms with Crippen molar-refractivity contribution in [3.05, 3.63) is 29.3 Å². The number of carbonyl (C=O) groups excluding carboxylic acids is 2. The molecule has 0 spiro atoms. The molecule has 1 aromatic rings. The lowest BCUT2D eigenvalue weighted by Gasteiger charge is -2.36. The SMILES string of the molecule is COC(=O)c1ccc(N2CC3CC2CN3C(=O)OC(C)(C)C)cc1C#N. The van der Waals surface area contributed by atoms with Crippen molar-refractivity contribution in [3.8, 4) is 6.07 Å². The van der Waals surface area contributed by atoms with E-state index in [1.165, 1.54) is 7.11 Å². The van der Waals surface area contributed by atoms with E-state index in [9.17, 15) is 14.9 Å². The molecule has 0 N–H and O–H groups in total. The van der Waals surface area contributed by atoms with Gasteiger partial charge in [0, 0.05) is 24.8 Å². The summed E-state index contributed by atoms with van der Waals surface area (Å²) in [5.41, 5.74) is 0.925. The van der Waals surface area contributed by atoms with Crippen LogP contribution in [0.5, 0.6) is 0 Å². The molecular formula is C19H23N3O4. The maximum atomic E-state index is 12.3. The predicted molar refractivity (Wildman–Crippen MR) is 95.0 cm³/mol. The minimum Gasteiger partial charge on any atom is -0.465 e. The monoisotopic (exact) mass is 357 g/mol. The molecule has 138 valence electrons. The van der Waals surface area contributed by atoms with Crippen molar-refractivity contribution in [1.29, 1.82) is 5.26 Å². The molecule has 0 saturated carbocycles. The van der Waals surface area contributed by atoms with Crippen LogP contribution in [0.3, 0.4) is 0 Å². The van der Waals surface area contributed by atoms with Crippen LogP contribution in [0.1, 0.15) is 43.1 Å². The van der Waals surface area contributed by atoms with Crippen molar-refractivity contribution in [3.63, 3.8) is 0 Å². The standard InChI is InChI=1S/C19H23N3O4/c1-19(2,3)26-18(24)22-11-14-8-15(22)10-21(14)13-5-6-16(17(23)25-4)12(7-13)9-20/h5-7,14-15H,8,10-11H2,1-4H3. The van der Waals surface area contributed by atoms with Crippen LogP contribution in [-0.4, -0.2) is 54.8 Å². The fourth-order valence-electron chi connectivity index (χ4n) is 3.62. The predicted octanol–water partition coefficient (Wildman–Crippen LogP) is 2.54. The minimum absolute atomic E-state index is 0.0978. The highest BCUT2D eigenvalue weighted by molar-refractivity contribution is 5.92. The molecule has 2 aliphatic heterocycles. The highest BCUT2D eigenvalue weighted by Gasteiger charge is 2.46. The van der Waals surface area contributed by atoms with E-state index in [1.807, 2.05) is 26.8 Å². The molecule has 2 fully saturated rings. The molecule has 2 bridgehead atoms. The van der Waals surface area contributed by atoms with Crippen LogP contribution < -0.4 is 4.90 Å². The summed E-state index contributed by atoms with van der Waals surface area (Å²) in [5.74, 6) is -0.521. The third kappa shape index (κ3) is 3.32. The number of nitrogens with zero attached hydrogens (tertiary/aromatic N) is 3. The van der Waals surface area contributed by atoms with Gasteiger partial charge in [-0.2, -0.15) is 5.26 Å². The van der Waals surface area contributed by atoms with E-state index in [0.717, 1.165) is 12.1 Å². The smallest absolute Gasteiger partial charge is 0.410 e. The van der Waals surface area contributed by atoms with E-state index in [2.05, 4.69) is 11.0 Å². The molecule has 7 nitrogen and oxygen atoms in total. The van der Waals surface area contributed by atoms with Gasteiger partial charge in [0.15, 0.2) is 0 Å². The molecule has 2 aliphatic rings. The Balaban J connectivity index is 1.74. The van der Waals surface area contributed by atoms with Crippen molar-refractivity contribution in [2.24, 2.45) is 0 Å². The third-order valence-electron chi connectivity index (χ3n) is 4.73. The summed E-state index contributed by atoms with van der Waals surface area (Å²) in [6, 6.07) is 7.50. The van der Waals surface area contributed by atoms with Crippen molar-refractivity contribution in [2.75, 3.05) is 25.1 Å². The summed E-state index contributed by atoms with van der Waals surface area (Å²) in [7, 11) is 1.29. The molecule has 26 heavy (non-hydrogen) atoms. The fraction of sp³-hybridized carbons (Fsp3) is 0.526. The number of esters is 1. The Labute approximate surface area is 153 Å². The Morgan fingerprint density at radius 1 is 1.23 bits per heavy atom. The molecule has 3 rings (SSSR count). The number of hydrogen-bond donors (Lipinski definition) is 0. The summed E-state index contributed by atoms with van der Waals surface area (Å²) in [6.45, 7) is 6.86. The molecule has 7 heteroatoms. The van der Waals surface area contributed by atoms with Crippen molar-refractivity contribution < 1.29 is 19.1 Å². The van der Waals surface area contributed by atoms with Gasteiger partial charge in [0.25, 0.3) is 0 Å². The second kappa shape index (κ2) is 6.52. The lowest BCUT2D eigenvalue weighted by Crippen LogP contribution is -2.50. The normalized spacial score (nSPS) is 21.5. The lowest BCUT2D eigenvalue weighted by molar-refractivity contribution is 0.0214. The number of hydrogen-bond acceptors (Lipinski definition) is 6. The fourth-order valence-corrected chi connectivity index (χ4v) is 3.62. The largest absolute Gasteiger partial charge is 0.465 e. The maximum absolute atomic E-state index is 12.3. The maximum Gasteiger partial charge on any atom is 0.410 e. The molecule has 1 aromatic carbocycles. The summed E-state index contributed by atoms with van der Waals surface area (Å²) in [6.07, 6.45) is 0.600. The Kier molecular flexibility index (Phi) is 4.53. The number of methoxy groups -OCH3 is 1. The van der Waals surface area contributed by atoms with E-state index in [4.69, 9.17) is 9.47 Å². The second-order valence-corrected chi connectivity index (χ2v) is 7.66. The highest BCUT2D eigenvalue weighted by Crippen LogP contribution is 2.36. The molecule has 0 aromatic heterocycles. The van der Waals surface area contributed by atoms with Crippen molar-refractivity contribution >= 4 is 17.7 Å². The number of likely N-dealkylation sites (tertiary alicyclic amines) is 1. The van der Waals surface area contributed by atoms with Crippen LogP contribution in [0.4, 0.5) is 10.5 Å². The van der Waals surface area contributed by atoms with Crippen LogP contribution in [0, 0.1) is 11.3 Å². The number of nitriles is 1. The molecule has 2 unspecified atom stereocenters. The summed E-state index contributed by atoms with van der Waals surface area (Å²) < 4.78 is 10.2. The molecule has 2 atom stereocenters. The number of anilines is 1. The average Bonchev–Trinajstić information content (AvgIpc) is 3.19. The third-order valence-corrected chi connectivity index (χ3v) is 4.73.